The van der Waals surface area contributed by atoms with Gasteiger partial charge in [0.25, 0.3) is 5.91 Å². The zero-order valence-corrected chi connectivity index (χ0v) is 12.3. The van der Waals surface area contributed by atoms with Crippen LogP contribution in [0.4, 0.5) is 0 Å². The van der Waals surface area contributed by atoms with Gasteiger partial charge >= 0.3 is 0 Å². The molecular weight excluding hydrogens is 262 g/mol. The molecule has 2 N–H and O–H groups in total. The van der Waals surface area contributed by atoms with Gasteiger partial charge in [-0.3, -0.25) is 4.79 Å². The number of thiophene rings is 1. The fourth-order valence-corrected chi connectivity index (χ4v) is 2.19. The molecule has 104 valence electrons. The number of carbonyl (C=O) groups is 1. The van der Waals surface area contributed by atoms with Crippen molar-refractivity contribution in [1.29, 1.82) is 0 Å². The predicted octanol–water partition coefficient (Wildman–Crippen LogP) is 1.52. The third kappa shape index (κ3) is 4.35. The average molecular weight is 281 g/mol. The number of hydrogen-bond donors (Lipinski definition) is 2. The minimum Gasteiger partial charge on any atom is -0.384 e. The Balaban J connectivity index is 2.57. The fraction of sp³-hybridized carbons (Fsp3) is 0.500. The van der Waals surface area contributed by atoms with Crippen LogP contribution < -0.4 is 5.32 Å². The van der Waals surface area contributed by atoms with Crippen LogP contribution in [0.3, 0.4) is 0 Å². The smallest absolute Gasteiger partial charge is 0.252 e. The number of amides is 1. The van der Waals surface area contributed by atoms with Crippen molar-refractivity contribution >= 4 is 17.2 Å². The molecule has 1 atom stereocenters. The van der Waals surface area contributed by atoms with Crippen molar-refractivity contribution in [1.82, 2.24) is 5.32 Å². The largest absolute Gasteiger partial charge is 0.384 e. The standard InChI is InChI=1S/C14H19NO3S/c1-4-14(2,18-3)13(17)15-9-12-8-11(10-19-12)6-5-7-16/h8,10,16H,4,7,9H2,1-3H3,(H,15,17). The van der Waals surface area contributed by atoms with Crippen LogP contribution in [0.1, 0.15) is 30.7 Å². The van der Waals surface area contributed by atoms with Gasteiger partial charge in [-0.1, -0.05) is 18.8 Å². The van der Waals surface area contributed by atoms with Crippen molar-refractivity contribution in [2.45, 2.75) is 32.4 Å². The first kappa shape index (κ1) is 15.7. The van der Waals surface area contributed by atoms with Gasteiger partial charge in [-0.25, -0.2) is 0 Å². The van der Waals surface area contributed by atoms with E-state index in [2.05, 4.69) is 17.2 Å². The Morgan fingerprint density at radius 2 is 2.37 bits per heavy atom. The van der Waals surface area contributed by atoms with Gasteiger partial charge in [-0.15, -0.1) is 11.3 Å². The van der Waals surface area contributed by atoms with Crippen molar-refractivity contribution in [3.8, 4) is 11.8 Å². The summed E-state index contributed by atoms with van der Waals surface area (Å²) in [6, 6.07) is 1.91. The molecule has 0 radical (unpaired) electrons. The van der Waals surface area contributed by atoms with E-state index in [1.807, 2.05) is 18.4 Å². The number of hydrogen-bond acceptors (Lipinski definition) is 4. The van der Waals surface area contributed by atoms with Crippen LogP contribution in [0.2, 0.25) is 0 Å². The van der Waals surface area contributed by atoms with Crippen molar-refractivity contribution < 1.29 is 14.6 Å². The summed E-state index contributed by atoms with van der Waals surface area (Å²) in [5, 5.41) is 13.4. The van der Waals surface area contributed by atoms with Gasteiger partial charge in [0.1, 0.15) is 12.2 Å². The van der Waals surface area contributed by atoms with Crippen LogP contribution in [0.5, 0.6) is 0 Å². The Bertz CT molecular complexity index is 480. The van der Waals surface area contributed by atoms with E-state index < -0.39 is 5.60 Å². The molecule has 0 saturated carbocycles. The van der Waals surface area contributed by atoms with E-state index in [0.29, 0.717) is 13.0 Å². The Morgan fingerprint density at radius 3 is 2.95 bits per heavy atom. The third-order valence-electron chi connectivity index (χ3n) is 2.99. The molecule has 1 amide bonds. The lowest BCUT2D eigenvalue weighted by atomic mass is 10.0. The maximum Gasteiger partial charge on any atom is 0.252 e. The van der Waals surface area contributed by atoms with Gasteiger partial charge in [-0.2, -0.15) is 0 Å². The molecule has 0 saturated heterocycles. The molecule has 4 nitrogen and oxygen atoms in total. The fourth-order valence-electron chi connectivity index (χ4n) is 1.43. The number of carbonyl (C=O) groups excluding carboxylic acids is 1. The molecule has 0 spiro atoms. The van der Waals surface area contributed by atoms with E-state index in [4.69, 9.17) is 9.84 Å². The number of aliphatic hydroxyl groups is 1. The third-order valence-corrected chi connectivity index (χ3v) is 3.93. The Kier molecular flexibility index (Phi) is 6.03. The first-order valence-electron chi connectivity index (χ1n) is 6.06. The summed E-state index contributed by atoms with van der Waals surface area (Å²) in [5.74, 6) is 5.30. The van der Waals surface area contributed by atoms with Gasteiger partial charge in [0.2, 0.25) is 0 Å². The average Bonchev–Trinajstić information content (AvgIpc) is 2.89. The van der Waals surface area contributed by atoms with E-state index in [1.54, 1.807) is 6.92 Å². The topological polar surface area (TPSA) is 58.6 Å². The van der Waals surface area contributed by atoms with Crippen molar-refractivity contribution in [3.05, 3.63) is 21.9 Å². The molecule has 19 heavy (non-hydrogen) atoms. The molecule has 1 unspecified atom stereocenters. The monoisotopic (exact) mass is 281 g/mol. The molecule has 0 bridgehead atoms. The van der Waals surface area contributed by atoms with E-state index in [0.717, 1.165) is 10.4 Å². The Morgan fingerprint density at radius 1 is 1.63 bits per heavy atom. The van der Waals surface area contributed by atoms with E-state index in [1.165, 1.54) is 18.4 Å². The molecule has 0 aliphatic heterocycles. The molecule has 1 rings (SSSR count). The normalized spacial score (nSPS) is 13.3. The maximum atomic E-state index is 12.0. The molecule has 0 aromatic carbocycles. The first-order valence-corrected chi connectivity index (χ1v) is 6.94. The minimum absolute atomic E-state index is 0.117. The summed E-state index contributed by atoms with van der Waals surface area (Å²) in [7, 11) is 1.54. The zero-order valence-electron chi connectivity index (χ0n) is 11.4. The van der Waals surface area contributed by atoms with Crippen LogP contribution in [-0.2, 0) is 16.1 Å². The number of aliphatic hydroxyl groups excluding tert-OH is 1. The van der Waals surface area contributed by atoms with Gasteiger partial charge in [0.15, 0.2) is 0 Å². The lowest BCUT2D eigenvalue weighted by molar-refractivity contribution is -0.141. The summed E-state index contributed by atoms with van der Waals surface area (Å²) >= 11 is 1.53. The molecule has 1 aromatic heterocycles. The van der Waals surface area contributed by atoms with Crippen molar-refractivity contribution in [3.63, 3.8) is 0 Å². The molecule has 0 aliphatic rings. The minimum atomic E-state index is -0.781. The van der Waals surface area contributed by atoms with Crippen LogP contribution in [-0.4, -0.2) is 30.3 Å². The van der Waals surface area contributed by atoms with Gasteiger partial charge in [0, 0.05) is 22.9 Å². The number of nitrogens with one attached hydrogen (secondary N) is 1. The molecule has 1 aromatic rings. The van der Waals surface area contributed by atoms with Gasteiger partial charge in [-0.05, 0) is 19.4 Å². The molecular formula is C14H19NO3S. The molecule has 1 heterocycles. The summed E-state index contributed by atoms with van der Waals surface area (Å²) in [4.78, 5) is 13.0. The highest BCUT2D eigenvalue weighted by Crippen LogP contribution is 2.16. The Hall–Kier alpha value is -1.35. The van der Waals surface area contributed by atoms with Crippen molar-refractivity contribution in [2.75, 3.05) is 13.7 Å². The number of methoxy groups -OCH3 is 1. The molecule has 5 heteroatoms. The van der Waals surface area contributed by atoms with E-state index in [-0.39, 0.29) is 12.5 Å². The molecule has 0 fully saturated rings. The van der Waals surface area contributed by atoms with Gasteiger partial charge < -0.3 is 15.2 Å². The SMILES string of the molecule is CCC(C)(OC)C(=O)NCc1cc(C#CCO)cs1. The van der Waals surface area contributed by atoms with Gasteiger partial charge in [0.05, 0.1) is 6.54 Å². The second kappa shape index (κ2) is 7.29. The summed E-state index contributed by atoms with van der Waals surface area (Å²) in [6.45, 7) is 4.00. The van der Waals surface area contributed by atoms with Crippen LogP contribution >= 0.6 is 11.3 Å². The number of ether oxygens (including phenoxy) is 1. The highest BCUT2D eigenvalue weighted by atomic mass is 32.1. The highest BCUT2D eigenvalue weighted by molar-refractivity contribution is 7.10. The van der Waals surface area contributed by atoms with Crippen LogP contribution in [0, 0.1) is 11.8 Å². The van der Waals surface area contributed by atoms with E-state index >= 15 is 0 Å². The zero-order chi connectivity index (χ0) is 14.3. The Labute approximate surface area is 117 Å². The van der Waals surface area contributed by atoms with Crippen molar-refractivity contribution in [2.24, 2.45) is 0 Å². The lowest BCUT2D eigenvalue weighted by Crippen LogP contribution is -2.45. The summed E-state index contributed by atoms with van der Waals surface area (Å²) < 4.78 is 5.24. The number of rotatable bonds is 5. The second-order valence-corrected chi connectivity index (χ2v) is 5.23. The van der Waals surface area contributed by atoms with Crippen LogP contribution in [0.15, 0.2) is 11.4 Å². The quantitative estimate of drug-likeness (QED) is 0.805. The maximum absolute atomic E-state index is 12.0. The predicted molar refractivity (Wildman–Crippen MR) is 75.8 cm³/mol. The summed E-state index contributed by atoms with van der Waals surface area (Å²) in [6.07, 6.45) is 0.618. The van der Waals surface area contributed by atoms with Crippen LogP contribution in [0.25, 0.3) is 0 Å². The first-order chi connectivity index (χ1) is 9.05. The van der Waals surface area contributed by atoms with E-state index in [9.17, 15) is 4.79 Å². The second-order valence-electron chi connectivity index (χ2n) is 4.23. The summed E-state index contributed by atoms with van der Waals surface area (Å²) in [5.41, 5.74) is 0.0739. The lowest BCUT2D eigenvalue weighted by Gasteiger charge is -2.24. The highest BCUT2D eigenvalue weighted by Gasteiger charge is 2.30. The molecule has 0 aliphatic carbocycles.